The lowest BCUT2D eigenvalue weighted by atomic mass is 10.2. The number of carboxylic acid groups (broad SMARTS) is 1. The van der Waals surface area contributed by atoms with Crippen molar-refractivity contribution >= 4 is 17.6 Å². The third-order valence-corrected chi connectivity index (χ3v) is 3.27. The van der Waals surface area contributed by atoms with Crippen molar-refractivity contribution in [2.45, 2.75) is 45.2 Å². The van der Waals surface area contributed by atoms with Gasteiger partial charge in [0.05, 0.1) is 11.1 Å². The highest BCUT2D eigenvalue weighted by Crippen LogP contribution is 2.07. The van der Waals surface area contributed by atoms with Crippen LogP contribution in [0.4, 0.5) is 5.69 Å². The van der Waals surface area contributed by atoms with Crippen LogP contribution in [-0.4, -0.2) is 32.5 Å². The van der Waals surface area contributed by atoms with Gasteiger partial charge in [-0.1, -0.05) is 6.92 Å². The molecule has 9 heteroatoms. The average Bonchev–Trinajstić information content (AvgIpc) is 2.50. The van der Waals surface area contributed by atoms with Gasteiger partial charge in [-0.2, -0.15) is 0 Å². The van der Waals surface area contributed by atoms with Crippen LogP contribution in [-0.2, 0) is 16.1 Å². The number of nitrogens with one attached hydrogen (secondary N) is 1. The summed E-state index contributed by atoms with van der Waals surface area (Å²) in [4.78, 5) is 44.1. The molecule has 0 saturated carbocycles. The van der Waals surface area contributed by atoms with Gasteiger partial charge in [-0.15, -0.1) is 0 Å². The molecular formula is C14H19N3O6. The number of carbonyl (C=O) groups excluding carboxylic acids is 1. The van der Waals surface area contributed by atoms with E-state index in [0.717, 1.165) is 12.1 Å². The highest BCUT2D eigenvalue weighted by molar-refractivity contribution is 5.83. The molecule has 0 aliphatic carbocycles. The first-order valence-electron chi connectivity index (χ1n) is 7.22. The second kappa shape index (κ2) is 8.66. The summed E-state index contributed by atoms with van der Waals surface area (Å²) >= 11 is 0. The van der Waals surface area contributed by atoms with Gasteiger partial charge in [-0.3, -0.25) is 19.7 Å². The summed E-state index contributed by atoms with van der Waals surface area (Å²) in [7, 11) is 0. The predicted octanol–water partition coefficient (Wildman–Crippen LogP) is 0.906. The fourth-order valence-corrected chi connectivity index (χ4v) is 1.97. The highest BCUT2D eigenvalue weighted by atomic mass is 16.6. The maximum Gasteiger partial charge on any atom is 0.326 e. The standard InChI is InChI=1S/C14H19N3O6/c1-2-11(14(20)21)15-12(18)5-3-4-8-16-9-10(17(22)23)6-7-13(16)19/h6-7,9,11H,2-5,8H2,1H3,(H,15,18)(H,20,21). The average molecular weight is 325 g/mol. The zero-order valence-corrected chi connectivity index (χ0v) is 12.7. The van der Waals surface area contributed by atoms with Crippen LogP contribution in [0, 0.1) is 10.1 Å². The van der Waals surface area contributed by atoms with Gasteiger partial charge in [0.15, 0.2) is 0 Å². The van der Waals surface area contributed by atoms with E-state index in [-0.39, 0.29) is 30.1 Å². The van der Waals surface area contributed by atoms with Crippen molar-refractivity contribution in [2.24, 2.45) is 0 Å². The van der Waals surface area contributed by atoms with Gasteiger partial charge in [-0.05, 0) is 19.3 Å². The van der Waals surface area contributed by atoms with Crippen LogP contribution in [0.1, 0.15) is 32.6 Å². The smallest absolute Gasteiger partial charge is 0.326 e. The molecule has 0 spiro atoms. The van der Waals surface area contributed by atoms with Crippen molar-refractivity contribution in [3.63, 3.8) is 0 Å². The normalized spacial score (nSPS) is 11.7. The van der Waals surface area contributed by atoms with E-state index in [1.54, 1.807) is 6.92 Å². The van der Waals surface area contributed by atoms with Crippen molar-refractivity contribution in [1.29, 1.82) is 0 Å². The van der Waals surface area contributed by atoms with Crippen molar-refractivity contribution in [1.82, 2.24) is 9.88 Å². The van der Waals surface area contributed by atoms with Gasteiger partial charge in [0, 0.05) is 25.1 Å². The largest absolute Gasteiger partial charge is 0.480 e. The first-order chi connectivity index (χ1) is 10.8. The second-order valence-electron chi connectivity index (χ2n) is 5.00. The minimum absolute atomic E-state index is 0.132. The van der Waals surface area contributed by atoms with Crippen LogP contribution < -0.4 is 10.9 Å². The Balaban J connectivity index is 2.44. The topological polar surface area (TPSA) is 132 Å². The number of unbranched alkanes of at least 4 members (excludes halogenated alkanes) is 1. The third-order valence-electron chi connectivity index (χ3n) is 3.27. The molecule has 0 aliphatic rings. The van der Waals surface area contributed by atoms with Gasteiger partial charge < -0.3 is 15.0 Å². The van der Waals surface area contributed by atoms with Gasteiger partial charge in [0.1, 0.15) is 6.04 Å². The monoisotopic (exact) mass is 325 g/mol. The molecule has 0 saturated heterocycles. The van der Waals surface area contributed by atoms with Crippen LogP contribution in [0.15, 0.2) is 23.1 Å². The number of rotatable bonds is 9. The van der Waals surface area contributed by atoms with E-state index >= 15 is 0 Å². The van der Waals surface area contributed by atoms with E-state index in [0.29, 0.717) is 19.3 Å². The number of nitrogens with zero attached hydrogens (tertiary/aromatic N) is 2. The number of aromatic nitrogens is 1. The Bertz CT molecular complexity index is 640. The third kappa shape index (κ3) is 5.89. The molecule has 23 heavy (non-hydrogen) atoms. The summed E-state index contributed by atoms with van der Waals surface area (Å²) in [5.74, 6) is -1.45. The molecule has 126 valence electrons. The van der Waals surface area contributed by atoms with Crippen LogP contribution in [0.5, 0.6) is 0 Å². The van der Waals surface area contributed by atoms with E-state index in [4.69, 9.17) is 5.11 Å². The summed E-state index contributed by atoms with van der Waals surface area (Å²) < 4.78 is 1.22. The molecule has 0 radical (unpaired) electrons. The van der Waals surface area contributed by atoms with Gasteiger partial charge in [0.2, 0.25) is 5.91 Å². The Kier molecular flexibility index (Phi) is 6.91. The van der Waals surface area contributed by atoms with Crippen molar-refractivity contribution in [3.8, 4) is 0 Å². The lowest BCUT2D eigenvalue weighted by Crippen LogP contribution is -2.40. The van der Waals surface area contributed by atoms with E-state index in [2.05, 4.69) is 5.32 Å². The van der Waals surface area contributed by atoms with Crippen LogP contribution in [0.25, 0.3) is 0 Å². The molecule has 1 unspecified atom stereocenters. The number of carboxylic acids is 1. The fourth-order valence-electron chi connectivity index (χ4n) is 1.97. The summed E-state index contributed by atoms with van der Waals surface area (Å²) in [6, 6.07) is 1.37. The Morgan fingerprint density at radius 2 is 2.09 bits per heavy atom. The van der Waals surface area contributed by atoms with Crippen LogP contribution in [0.2, 0.25) is 0 Å². The predicted molar refractivity (Wildman–Crippen MR) is 81.1 cm³/mol. The molecule has 1 aromatic rings. The minimum Gasteiger partial charge on any atom is -0.480 e. The molecule has 1 atom stereocenters. The summed E-state index contributed by atoms with van der Waals surface area (Å²) in [5, 5.41) is 21.9. The Labute approximate surface area is 132 Å². The molecule has 1 amide bonds. The fraction of sp³-hybridized carbons (Fsp3) is 0.500. The molecule has 1 heterocycles. The molecular weight excluding hydrogens is 306 g/mol. The number of aryl methyl sites for hydroxylation is 1. The summed E-state index contributed by atoms with van der Waals surface area (Å²) in [6.45, 7) is 1.91. The Hall–Kier alpha value is -2.71. The molecule has 0 fully saturated rings. The zero-order chi connectivity index (χ0) is 17.4. The van der Waals surface area contributed by atoms with E-state index in [1.165, 1.54) is 10.8 Å². The van der Waals surface area contributed by atoms with Crippen molar-refractivity contribution in [2.75, 3.05) is 0 Å². The molecule has 1 rings (SSSR count). The number of carbonyl (C=O) groups is 2. The first-order valence-corrected chi connectivity index (χ1v) is 7.22. The Morgan fingerprint density at radius 1 is 1.39 bits per heavy atom. The maximum absolute atomic E-state index is 11.6. The number of aliphatic carboxylic acids is 1. The molecule has 0 aliphatic heterocycles. The quantitative estimate of drug-likeness (QED) is 0.394. The van der Waals surface area contributed by atoms with E-state index in [9.17, 15) is 24.5 Å². The van der Waals surface area contributed by atoms with Crippen LogP contribution >= 0.6 is 0 Å². The first kappa shape index (κ1) is 18.3. The number of pyridine rings is 1. The van der Waals surface area contributed by atoms with Crippen molar-refractivity contribution in [3.05, 3.63) is 38.8 Å². The summed E-state index contributed by atoms with van der Waals surface area (Å²) in [6.07, 6.45) is 2.51. The molecule has 1 aromatic heterocycles. The number of amides is 1. The lowest BCUT2D eigenvalue weighted by molar-refractivity contribution is -0.385. The van der Waals surface area contributed by atoms with Gasteiger partial charge >= 0.3 is 5.97 Å². The number of hydrogen-bond donors (Lipinski definition) is 2. The van der Waals surface area contributed by atoms with Crippen molar-refractivity contribution < 1.29 is 19.6 Å². The minimum atomic E-state index is -1.08. The number of hydrogen-bond acceptors (Lipinski definition) is 5. The molecule has 9 nitrogen and oxygen atoms in total. The SMILES string of the molecule is CCC(NC(=O)CCCCn1cc([N+](=O)[O-])ccc1=O)C(=O)O. The maximum atomic E-state index is 11.6. The zero-order valence-electron chi connectivity index (χ0n) is 12.7. The van der Waals surface area contributed by atoms with E-state index < -0.39 is 16.9 Å². The second-order valence-corrected chi connectivity index (χ2v) is 5.00. The number of nitro groups is 1. The Morgan fingerprint density at radius 3 is 2.65 bits per heavy atom. The lowest BCUT2D eigenvalue weighted by Gasteiger charge is -2.12. The van der Waals surface area contributed by atoms with Gasteiger partial charge in [0.25, 0.3) is 11.2 Å². The highest BCUT2D eigenvalue weighted by Gasteiger charge is 2.17. The molecule has 2 N–H and O–H groups in total. The molecule has 0 bridgehead atoms. The van der Waals surface area contributed by atoms with E-state index in [1.807, 2.05) is 0 Å². The van der Waals surface area contributed by atoms with Crippen LogP contribution in [0.3, 0.4) is 0 Å². The van der Waals surface area contributed by atoms with Gasteiger partial charge in [-0.25, -0.2) is 4.79 Å². The molecule has 0 aromatic carbocycles. The summed E-state index contributed by atoms with van der Waals surface area (Å²) in [5.41, 5.74) is -0.522.